The van der Waals surface area contributed by atoms with Crippen molar-refractivity contribution >= 4 is 45.1 Å². The third-order valence-corrected chi connectivity index (χ3v) is 10.9. The van der Waals surface area contributed by atoms with E-state index < -0.39 is 75.1 Å². The van der Waals surface area contributed by atoms with Crippen LogP contribution in [-0.2, 0) is 29.3 Å². The first-order chi connectivity index (χ1) is 24.3. The molecule has 2 aliphatic heterocycles. The summed E-state index contributed by atoms with van der Waals surface area (Å²) in [7, 11) is -1.62. The molecule has 3 heterocycles. The highest BCUT2D eigenvalue weighted by Crippen LogP contribution is 2.46. The van der Waals surface area contributed by atoms with E-state index >= 15 is 0 Å². The van der Waals surface area contributed by atoms with Crippen LogP contribution in [-0.4, -0.2) is 101 Å². The van der Waals surface area contributed by atoms with E-state index in [4.69, 9.17) is 9.47 Å². The molecular weight excluding hydrogens is 697 g/mol. The number of nitrogens with zero attached hydrogens (tertiary/aromatic N) is 4. The lowest BCUT2D eigenvalue weighted by Crippen LogP contribution is -2.58. The molecule has 0 bridgehead atoms. The van der Waals surface area contributed by atoms with Crippen molar-refractivity contribution < 1.29 is 41.5 Å². The van der Waals surface area contributed by atoms with Crippen LogP contribution in [0.25, 0.3) is 11.0 Å². The Balaban J connectivity index is 1.50. The maximum atomic E-state index is 14.4. The summed E-state index contributed by atoms with van der Waals surface area (Å²) in [6.07, 6.45) is 5.36. The number of carbonyl (C=O) groups is 4. The number of alkyl carbamates (subject to hydrolysis) is 1. The van der Waals surface area contributed by atoms with E-state index in [9.17, 15) is 32.0 Å². The van der Waals surface area contributed by atoms with Crippen molar-refractivity contribution in [2.75, 3.05) is 20.6 Å². The monoisotopic (exact) mass is 747 g/mol. The van der Waals surface area contributed by atoms with Gasteiger partial charge >= 0.3 is 16.3 Å². The number of imidazole rings is 1. The van der Waals surface area contributed by atoms with Gasteiger partial charge < -0.3 is 25.0 Å². The predicted octanol–water partition coefficient (Wildman–Crippen LogP) is 3.32. The largest absolute Gasteiger partial charge is 0.459 e. The lowest BCUT2D eigenvalue weighted by molar-refractivity contribution is -0.141. The van der Waals surface area contributed by atoms with Crippen LogP contribution in [0.15, 0.2) is 30.4 Å². The molecule has 2 aromatic rings. The van der Waals surface area contributed by atoms with E-state index in [1.807, 2.05) is 26.0 Å². The summed E-state index contributed by atoms with van der Waals surface area (Å²) in [6, 6.07) is 1.99. The van der Waals surface area contributed by atoms with Crippen LogP contribution >= 0.6 is 0 Å². The molecule has 2 fully saturated rings. The van der Waals surface area contributed by atoms with Crippen LogP contribution in [0.4, 0.5) is 9.18 Å². The fourth-order valence-corrected chi connectivity index (χ4v) is 7.29. The first kappa shape index (κ1) is 39.0. The molecule has 0 radical (unpaired) electrons. The standard InChI is InChI=1S/C35H50FN7O8S/c1-21(2)43-27-17-23(36)15-16-25(27)37-32(43)50-24-18-28-29(44)39-35(31(46)40-52(48,49)41(6)7)19-22(35)13-11-9-8-10-12-14-26(30(45)42(28)20-24)38-33(47)51-34(3,4)5/h11,13,15-17,21-22,24,26,28H,8-10,12,14,18-20H2,1-7H3,(H,38,47)(H,39,44)(H,40,46)/b13-11-/t22-,24-,26+,28+,35-/m1/s1. The highest BCUT2D eigenvalue weighted by Gasteiger charge is 2.61. The summed E-state index contributed by atoms with van der Waals surface area (Å²) < 4.78 is 56.1. The molecule has 0 spiro atoms. The molecule has 5 rings (SSSR count). The Kier molecular flexibility index (Phi) is 11.2. The van der Waals surface area contributed by atoms with Crippen molar-refractivity contribution in [1.29, 1.82) is 0 Å². The fourth-order valence-electron chi connectivity index (χ4n) is 6.69. The number of benzene rings is 1. The molecule has 4 amide bonds. The average Bonchev–Trinajstić information content (AvgIpc) is 3.37. The zero-order chi connectivity index (χ0) is 38.2. The predicted molar refractivity (Wildman–Crippen MR) is 190 cm³/mol. The van der Waals surface area contributed by atoms with Gasteiger partial charge in [-0.3, -0.25) is 19.0 Å². The quantitative estimate of drug-likeness (QED) is 0.358. The summed E-state index contributed by atoms with van der Waals surface area (Å²) in [5, 5.41) is 5.52. The van der Waals surface area contributed by atoms with Gasteiger partial charge in [-0.05, 0) is 78.5 Å². The Hall–Kier alpha value is -4.25. The molecule has 52 heavy (non-hydrogen) atoms. The Morgan fingerprint density at radius 3 is 2.56 bits per heavy atom. The van der Waals surface area contributed by atoms with Gasteiger partial charge in [0.1, 0.15) is 35.1 Å². The van der Waals surface area contributed by atoms with Crippen molar-refractivity contribution in [1.82, 2.24) is 34.1 Å². The number of carbonyl (C=O) groups excluding carboxylic acids is 4. The van der Waals surface area contributed by atoms with Gasteiger partial charge in [0.15, 0.2) is 0 Å². The van der Waals surface area contributed by atoms with Crippen LogP contribution < -0.4 is 20.1 Å². The molecule has 1 aromatic heterocycles. The van der Waals surface area contributed by atoms with Crippen LogP contribution in [0.1, 0.15) is 85.6 Å². The van der Waals surface area contributed by atoms with Crippen molar-refractivity contribution in [3.63, 3.8) is 0 Å². The molecule has 3 N–H and O–H groups in total. The highest BCUT2D eigenvalue weighted by molar-refractivity contribution is 7.87. The van der Waals surface area contributed by atoms with E-state index in [-0.39, 0.29) is 37.9 Å². The summed E-state index contributed by atoms with van der Waals surface area (Å²) in [4.78, 5) is 61.2. The van der Waals surface area contributed by atoms with Crippen molar-refractivity contribution in [3.05, 3.63) is 36.2 Å². The van der Waals surface area contributed by atoms with Crippen LogP contribution in [0.2, 0.25) is 0 Å². The van der Waals surface area contributed by atoms with Crippen molar-refractivity contribution in [3.8, 4) is 6.01 Å². The summed E-state index contributed by atoms with van der Waals surface area (Å²) >= 11 is 0. The highest BCUT2D eigenvalue weighted by atomic mass is 32.2. The number of allylic oxidation sites excluding steroid dienone is 1. The lowest BCUT2D eigenvalue weighted by atomic mass is 10.0. The molecular formula is C35H50FN7O8S. The van der Waals surface area contributed by atoms with Crippen LogP contribution in [0.5, 0.6) is 6.01 Å². The van der Waals surface area contributed by atoms with Gasteiger partial charge in [0.25, 0.3) is 11.9 Å². The van der Waals surface area contributed by atoms with E-state index in [1.54, 1.807) is 31.4 Å². The minimum atomic E-state index is -4.18. The fraction of sp³-hybridized carbons (Fsp3) is 0.629. The van der Waals surface area contributed by atoms with E-state index in [2.05, 4.69) is 20.3 Å². The zero-order valence-corrected chi connectivity index (χ0v) is 31.6. The molecule has 1 aliphatic carbocycles. The number of hydrogen-bond donors (Lipinski definition) is 3. The van der Waals surface area contributed by atoms with Crippen molar-refractivity contribution in [2.45, 2.75) is 115 Å². The molecule has 1 saturated carbocycles. The smallest absolute Gasteiger partial charge is 0.408 e. The minimum absolute atomic E-state index is 0.0133. The maximum Gasteiger partial charge on any atom is 0.408 e. The second-order valence-electron chi connectivity index (χ2n) is 15.2. The topological polar surface area (TPSA) is 181 Å². The molecule has 1 saturated heterocycles. The second kappa shape index (κ2) is 15.0. The molecule has 5 atom stereocenters. The molecule has 286 valence electrons. The number of nitrogens with one attached hydrogen (secondary N) is 3. The van der Waals surface area contributed by atoms with Gasteiger partial charge in [-0.2, -0.15) is 17.7 Å². The normalized spacial score (nSPS) is 26.5. The SMILES string of the molecule is CC(C)n1c(O[C@@H]2C[C@H]3C(=O)N[C@]4(C(=O)NS(=O)(=O)N(C)C)C[C@H]4/C=C\CCCCC[C@H](NC(=O)OC(C)(C)C)C(=O)N3C2)nc2ccc(F)cc21. The number of rotatable bonds is 7. The first-order valence-electron chi connectivity index (χ1n) is 17.7. The van der Waals surface area contributed by atoms with E-state index in [0.717, 1.165) is 17.1 Å². The Bertz CT molecular complexity index is 1840. The molecule has 3 aliphatic rings. The van der Waals surface area contributed by atoms with Crippen molar-refractivity contribution in [2.24, 2.45) is 5.92 Å². The van der Waals surface area contributed by atoms with Gasteiger partial charge in [0, 0.05) is 32.5 Å². The summed E-state index contributed by atoms with van der Waals surface area (Å²) in [6.45, 7) is 8.84. The van der Waals surface area contributed by atoms with Crippen LogP contribution in [0.3, 0.4) is 0 Å². The van der Waals surface area contributed by atoms with Gasteiger partial charge in [-0.1, -0.05) is 25.0 Å². The lowest BCUT2D eigenvalue weighted by Gasteiger charge is -2.30. The minimum Gasteiger partial charge on any atom is -0.459 e. The number of hydrogen-bond acceptors (Lipinski definition) is 9. The number of fused-ring (bicyclic) bond motifs is 3. The molecule has 1 aromatic carbocycles. The maximum absolute atomic E-state index is 14.4. The Morgan fingerprint density at radius 2 is 1.88 bits per heavy atom. The second-order valence-corrected chi connectivity index (χ2v) is 17.1. The Morgan fingerprint density at radius 1 is 1.15 bits per heavy atom. The molecule has 0 unspecified atom stereocenters. The van der Waals surface area contributed by atoms with Gasteiger partial charge in [-0.25, -0.2) is 13.9 Å². The van der Waals surface area contributed by atoms with E-state index in [0.29, 0.717) is 23.9 Å². The summed E-state index contributed by atoms with van der Waals surface area (Å²) in [5.41, 5.74) is -1.38. The number of amides is 4. The summed E-state index contributed by atoms with van der Waals surface area (Å²) in [5.74, 6) is -3.03. The van der Waals surface area contributed by atoms with Gasteiger partial charge in [-0.15, -0.1) is 0 Å². The van der Waals surface area contributed by atoms with Gasteiger partial charge in [0.05, 0.1) is 17.6 Å². The average molecular weight is 748 g/mol. The number of aromatic nitrogens is 2. The molecule has 17 heteroatoms. The third kappa shape index (κ3) is 8.68. The third-order valence-electron chi connectivity index (χ3n) is 9.45. The Labute approximate surface area is 303 Å². The number of halogens is 1. The number of ether oxygens (including phenoxy) is 2. The van der Waals surface area contributed by atoms with E-state index in [1.165, 1.54) is 31.1 Å². The molecule has 15 nitrogen and oxygen atoms in total. The van der Waals surface area contributed by atoms with Crippen LogP contribution in [0, 0.1) is 11.7 Å². The zero-order valence-electron chi connectivity index (χ0n) is 30.8. The van der Waals surface area contributed by atoms with Gasteiger partial charge in [0.2, 0.25) is 11.8 Å². The first-order valence-corrected chi connectivity index (χ1v) is 19.1.